The van der Waals surface area contributed by atoms with Gasteiger partial charge in [-0.25, -0.2) is 4.98 Å². The molecule has 0 saturated heterocycles. The van der Waals surface area contributed by atoms with Gasteiger partial charge in [0.05, 0.1) is 16.2 Å². The van der Waals surface area contributed by atoms with Gasteiger partial charge < -0.3 is 10.6 Å². The van der Waals surface area contributed by atoms with E-state index in [1.807, 2.05) is 46.1 Å². The van der Waals surface area contributed by atoms with Crippen molar-refractivity contribution in [1.82, 2.24) is 24.5 Å². The SMILES string of the molecule is Cc1ccc2nc(SC(C)c3nc(N)nc(N(C)C)n3)n(C)c(=O)c2c1. The second kappa shape index (κ2) is 6.91. The summed E-state index contributed by atoms with van der Waals surface area (Å²) in [6, 6.07) is 5.67. The van der Waals surface area contributed by atoms with Crippen LogP contribution in [0.15, 0.2) is 28.2 Å². The Bertz CT molecular complexity index is 1030. The van der Waals surface area contributed by atoms with Crippen LogP contribution in [-0.4, -0.2) is 38.6 Å². The van der Waals surface area contributed by atoms with Gasteiger partial charge in [-0.2, -0.15) is 15.0 Å². The number of anilines is 2. The van der Waals surface area contributed by atoms with Crippen LogP contribution in [0.25, 0.3) is 10.9 Å². The van der Waals surface area contributed by atoms with Crippen LogP contribution in [0.4, 0.5) is 11.9 Å². The maximum atomic E-state index is 12.7. The molecule has 2 aromatic heterocycles. The molecule has 2 N–H and O–H groups in total. The van der Waals surface area contributed by atoms with Gasteiger partial charge in [0, 0.05) is 21.1 Å². The summed E-state index contributed by atoms with van der Waals surface area (Å²) in [5.41, 5.74) is 7.44. The van der Waals surface area contributed by atoms with E-state index in [0.717, 1.165) is 5.56 Å². The lowest BCUT2D eigenvalue weighted by atomic mass is 10.2. The zero-order valence-electron chi connectivity index (χ0n) is 15.4. The number of hydrogen-bond acceptors (Lipinski definition) is 8. The summed E-state index contributed by atoms with van der Waals surface area (Å²) in [5.74, 6) is 1.21. The molecule has 0 fully saturated rings. The summed E-state index contributed by atoms with van der Waals surface area (Å²) < 4.78 is 1.56. The number of aromatic nitrogens is 5. The molecule has 8 nitrogen and oxygen atoms in total. The van der Waals surface area contributed by atoms with Crippen LogP contribution >= 0.6 is 11.8 Å². The standard InChI is InChI=1S/C17H21N7OS/c1-9-6-7-12-11(8-9)14(25)24(5)17(19-12)26-10(2)13-20-15(18)22-16(21-13)23(3)4/h6-8,10H,1-5H3,(H2,18,20,21,22). The predicted octanol–water partition coefficient (Wildman–Crippen LogP) is 1.93. The Hall–Kier alpha value is -2.68. The van der Waals surface area contributed by atoms with Crippen molar-refractivity contribution in [1.29, 1.82) is 0 Å². The van der Waals surface area contributed by atoms with E-state index in [1.54, 1.807) is 16.5 Å². The predicted molar refractivity (Wildman–Crippen MR) is 105 cm³/mol. The molecule has 1 atom stereocenters. The number of nitrogens with zero attached hydrogens (tertiary/aromatic N) is 6. The Morgan fingerprint density at radius 2 is 1.92 bits per heavy atom. The lowest BCUT2D eigenvalue weighted by Crippen LogP contribution is -2.20. The highest BCUT2D eigenvalue weighted by atomic mass is 32.2. The molecule has 136 valence electrons. The van der Waals surface area contributed by atoms with Gasteiger partial charge in [0.2, 0.25) is 11.9 Å². The normalized spacial score (nSPS) is 12.3. The lowest BCUT2D eigenvalue weighted by molar-refractivity contribution is 0.721. The van der Waals surface area contributed by atoms with Crippen molar-refractivity contribution in [2.45, 2.75) is 24.3 Å². The molecular weight excluding hydrogens is 350 g/mol. The number of nitrogens with two attached hydrogens (primary N) is 1. The van der Waals surface area contributed by atoms with Crippen LogP contribution in [0.3, 0.4) is 0 Å². The number of nitrogen functional groups attached to an aromatic ring is 1. The van der Waals surface area contributed by atoms with E-state index in [9.17, 15) is 4.79 Å². The highest BCUT2D eigenvalue weighted by Gasteiger charge is 2.18. The molecule has 0 amide bonds. The zero-order valence-corrected chi connectivity index (χ0v) is 16.2. The van der Waals surface area contributed by atoms with Crippen molar-refractivity contribution in [3.8, 4) is 0 Å². The number of benzene rings is 1. The van der Waals surface area contributed by atoms with Gasteiger partial charge in [-0.05, 0) is 26.0 Å². The zero-order chi connectivity index (χ0) is 19.0. The molecule has 0 aliphatic carbocycles. The quantitative estimate of drug-likeness (QED) is 0.548. The first-order valence-corrected chi connectivity index (χ1v) is 8.97. The van der Waals surface area contributed by atoms with Crippen LogP contribution in [0.1, 0.15) is 23.6 Å². The van der Waals surface area contributed by atoms with Crippen molar-refractivity contribution in [3.05, 3.63) is 39.9 Å². The molecule has 0 aliphatic rings. The first kappa shape index (κ1) is 18.1. The molecule has 3 aromatic rings. The van der Waals surface area contributed by atoms with E-state index in [4.69, 9.17) is 5.73 Å². The van der Waals surface area contributed by atoms with Crippen molar-refractivity contribution >= 4 is 34.6 Å². The van der Waals surface area contributed by atoms with Crippen molar-refractivity contribution < 1.29 is 0 Å². The summed E-state index contributed by atoms with van der Waals surface area (Å²) in [7, 11) is 5.40. The van der Waals surface area contributed by atoms with Crippen LogP contribution in [-0.2, 0) is 7.05 Å². The van der Waals surface area contributed by atoms with E-state index in [2.05, 4.69) is 19.9 Å². The topological polar surface area (TPSA) is 103 Å². The monoisotopic (exact) mass is 371 g/mol. The molecule has 2 heterocycles. The third-order valence-electron chi connectivity index (χ3n) is 3.89. The Kier molecular flexibility index (Phi) is 4.82. The molecule has 3 rings (SSSR count). The molecular formula is C17H21N7OS. The Balaban J connectivity index is 2.00. The third kappa shape index (κ3) is 3.48. The molecule has 1 aromatic carbocycles. The maximum absolute atomic E-state index is 12.7. The minimum absolute atomic E-state index is 0.0717. The summed E-state index contributed by atoms with van der Waals surface area (Å²) >= 11 is 1.41. The van der Waals surface area contributed by atoms with Crippen molar-refractivity contribution in [2.24, 2.45) is 7.05 Å². The number of aryl methyl sites for hydroxylation is 1. The summed E-state index contributed by atoms with van der Waals surface area (Å²) in [6.45, 7) is 3.90. The lowest BCUT2D eigenvalue weighted by Gasteiger charge is -2.15. The maximum Gasteiger partial charge on any atom is 0.261 e. The molecule has 0 saturated carbocycles. The molecule has 0 spiro atoms. The fourth-order valence-electron chi connectivity index (χ4n) is 2.46. The Morgan fingerprint density at radius 3 is 2.62 bits per heavy atom. The van der Waals surface area contributed by atoms with Gasteiger partial charge in [0.15, 0.2) is 5.16 Å². The largest absolute Gasteiger partial charge is 0.368 e. The first-order valence-electron chi connectivity index (χ1n) is 8.09. The van der Waals surface area contributed by atoms with Gasteiger partial charge in [-0.3, -0.25) is 9.36 Å². The van der Waals surface area contributed by atoms with E-state index in [1.165, 1.54) is 11.8 Å². The second-order valence-electron chi connectivity index (χ2n) is 6.29. The smallest absolute Gasteiger partial charge is 0.261 e. The van der Waals surface area contributed by atoms with Gasteiger partial charge in [-0.15, -0.1) is 0 Å². The summed E-state index contributed by atoms with van der Waals surface area (Å²) in [6.07, 6.45) is 0. The first-order chi connectivity index (χ1) is 12.3. The minimum atomic E-state index is -0.153. The van der Waals surface area contributed by atoms with Crippen molar-refractivity contribution in [2.75, 3.05) is 24.7 Å². The molecule has 0 radical (unpaired) electrons. The number of thioether (sulfide) groups is 1. The number of fused-ring (bicyclic) bond motifs is 1. The van der Waals surface area contributed by atoms with E-state index in [0.29, 0.717) is 27.8 Å². The Labute approximate surface area is 155 Å². The highest BCUT2D eigenvalue weighted by molar-refractivity contribution is 7.99. The average Bonchev–Trinajstić information content (AvgIpc) is 2.59. The van der Waals surface area contributed by atoms with E-state index < -0.39 is 0 Å². The molecule has 9 heteroatoms. The average molecular weight is 371 g/mol. The van der Waals surface area contributed by atoms with Gasteiger partial charge in [0.1, 0.15) is 5.82 Å². The highest BCUT2D eigenvalue weighted by Crippen LogP contribution is 2.32. The summed E-state index contributed by atoms with van der Waals surface area (Å²) in [4.78, 5) is 31.8. The van der Waals surface area contributed by atoms with Crippen LogP contribution < -0.4 is 16.2 Å². The van der Waals surface area contributed by atoms with Gasteiger partial charge in [0.25, 0.3) is 5.56 Å². The second-order valence-corrected chi connectivity index (χ2v) is 7.59. The van der Waals surface area contributed by atoms with Crippen molar-refractivity contribution in [3.63, 3.8) is 0 Å². The Morgan fingerprint density at radius 1 is 1.19 bits per heavy atom. The third-order valence-corrected chi connectivity index (χ3v) is 5.03. The minimum Gasteiger partial charge on any atom is -0.368 e. The van der Waals surface area contributed by atoms with Gasteiger partial charge >= 0.3 is 0 Å². The number of hydrogen-bond donors (Lipinski definition) is 1. The number of rotatable bonds is 4. The van der Waals surface area contributed by atoms with Crippen LogP contribution in [0, 0.1) is 6.92 Å². The van der Waals surface area contributed by atoms with Crippen LogP contribution in [0.5, 0.6) is 0 Å². The molecule has 1 unspecified atom stereocenters. The molecule has 0 aliphatic heterocycles. The van der Waals surface area contributed by atoms with E-state index in [-0.39, 0.29) is 16.8 Å². The fourth-order valence-corrected chi connectivity index (χ4v) is 3.38. The molecule has 26 heavy (non-hydrogen) atoms. The molecule has 0 bridgehead atoms. The van der Waals surface area contributed by atoms with Gasteiger partial charge in [-0.1, -0.05) is 23.4 Å². The van der Waals surface area contributed by atoms with Crippen LogP contribution in [0.2, 0.25) is 0 Å². The fraction of sp³-hybridized carbons (Fsp3) is 0.353. The van der Waals surface area contributed by atoms with E-state index >= 15 is 0 Å². The summed E-state index contributed by atoms with van der Waals surface area (Å²) in [5, 5.41) is 1.06.